The minimum absolute atomic E-state index is 0.604. The normalized spacial score (nSPS) is 16.6. The maximum Gasteiger partial charge on any atom is 0.467 e. The highest BCUT2D eigenvalue weighted by molar-refractivity contribution is 5.23. The first-order chi connectivity index (χ1) is 8.83. The molecule has 1 aromatic carbocycles. The van der Waals surface area contributed by atoms with Crippen LogP contribution in [0.3, 0.4) is 0 Å². The molecule has 1 atom stereocenters. The van der Waals surface area contributed by atoms with Gasteiger partial charge in [-0.2, -0.15) is 39.5 Å². The van der Waals surface area contributed by atoms with Gasteiger partial charge >= 0.3 is 24.1 Å². The monoisotopic (exact) mass is 312 g/mol. The molecule has 20 heavy (non-hydrogen) atoms. The zero-order valence-electron chi connectivity index (χ0n) is 9.20. The first-order valence-electron chi connectivity index (χ1n) is 4.77. The highest BCUT2D eigenvalue weighted by atomic mass is 19.4. The lowest BCUT2D eigenvalue weighted by atomic mass is 10.1. The average molecular weight is 312 g/mol. The topological polar surface area (TPSA) is 9.23 Å². The Balaban J connectivity index is 3.32. The van der Waals surface area contributed by atoms with Gasteiger partial charge in [-0.1, -0.05) is 18.2 Å². The van der Waals surface area contributed by atoms with Crippen molar-refractivity contribution in [2.45, 2.75) is 24.1 Å². The SMILES string of the molecule is FC(F)(F)C(F)(F)C(F)(Oc1ccccc1)C(F)(F)F. The molecule has 0 aliphatic rings. The molecule has 0 spiro atoms. The molecule has 0 aromatic heterocycles. The van der Waals surface area contributed by atoms with Crippen LogP contribution in [0.25, 0.3) is 0 Å². The van der Waals surface area contributed by atoms with Crippen molar-refractivity contribution < 1.29 is 44.3 Å². The molecule has 1 rings (SSSR count). The van der Waals surface area contributed by atoms with Crippen molar-refractivity contribution in [3.63, 3.8) is 0 Å². The number of ether oxygens (including phenoxy) is 1. The molecule has 0 saturated heterocycles. The van der Waals surface area contributed by atoms with Gasteiger partial charge in [0.2, 0.25) is 0 Å². The molecule has 0 fully saturated rings. The van der Waals surface area contributed by atoms with Gasteiger partial charge in [-0.15, -0.1) is 0 Å². The van der Waals surface area contributed by atoms with E-state index in [-0.39, 0.29) is 0 Å². The second-order valence-corrected chi connectivity index (χ2v) is 3.58. The molecule has 1 nitrogen and oxygen atoms in total. The minimum Gasteiger partial charge on any atom is -0.445 e. The fourth-order valence-corrected chi connectivity index (χ4v) is 1.13. The molecule has 0 heterocycles. The Hall–Kier alpha value is -1.61. The van der Waals surface area contributed by atoms with Crippen LogP contribution in [0, 0.1) is 0 Å². The smallest absolute Gasteiger partial charge is 0.445 e. The Morgan fingerprint density at radius 2 is 1.10 bits per heavy atom. The van der Waals surface area contributed by atoms with Crippen LogP contribution < -0.4 is 4.74 Å². The number of rotatable bonds is 3. The maximum absolute atomic E-state index is 13.4. The number of hydrogen-bond acceptors (Lipinski definition) is 1. The predicted molar refractivity (Wildman–Crippen MR) is 48.0 cm³/mol. The number of alkyl halides is 9. The van der Waals surface area contributed by atoms with E-state index < -0.39 is 29.9 Å². The Kier molecular flexibility index (Phi) is 3.90. The van der Waals surface area contributed by atoms with E-state index in [0.29, 0.717) is 12.1 Å². The number of para-hydroxylation sites is 1. The van der Waals surface area contributed by atoms with Crippen LogP contribution in [0.15, 0.2) is 30.3 Å². The molecule has 10 heteroatoms. The fourth-order valence-electron chi connectivity index (χ4n) is 1.13. The summed E-state index contributed by atoms with van der Waals surface area (Å²) in [7, 11) is 0. The summed E-state index contributed by atoms with van der Waals surface area (Å²) in [5, 5.41) is 0. The van der Waals surface area contributed by atoms with Gasteiger partial charge in [-0.3, -0.25) is 0 Å². The Bertz CT molecular complexity index is 450. The Morgan fingerprint density at radius 1 is 0.650 bits per heavy atom. The number of halogens is 9. The van der Waals surface area contributed by atoms with Crippen molar-refractivity contribution in [1.29, 1.82) is 0 Å². The number of benzene rings is 1. The van der Waals surface area contributed by atoms with E-state index in [2.05, 4.69) is 4.74 Å². The van der Waals surface area contributed by atoms with Crippen molar-refractivity contribution in [2.24, 2.45) is 0 Å². The molecule has 1 unspecified atom stereocenters. The minimum atomic E-state index is -6.79. The van der Waals surface area contributed by atoms with Crippen LogP contribution in [0.2, 0.25) is 0 Å². The van der Waals surface area contributed by atoms with Gasteiger partial charge in [0.25, 0.3) is 0 Å². The Labute approximate surface area is 105 Å². The van der Waals surface area contributed by atoms with E-state index in [4.69, 9.17) is 0 Å². The van der Waals surface area contributed by atoms with E-state index in [9.17, 15) is 39.5 Å². The van der Waals surface area contributed by atoms with E-state index in [0.717, 1.165) is 12.1 Å². The molecule has 0 aliphatic heterocycles. The summed E-state index contributed by atoms with van der Waals surface area (Å²) in [6.45, 7) is 0. The first-order valence-corrected chi connectivity index (χ1v) is 4.77. The summed E-state index contributed by atoms with van der Waals surface area (Å²) in [5.41, 5.74) is 0. The van der Waals surface area contributed by atoms with Crippen LogP contribution in [-0.4, -0.2) is 24.1 Å². The molecular weight excluding hydrogens is 307 g/mol. The third kappa shape index (κ3) is 2.63. The van der Waals surface area contributed by atoms with Crippen LogP contribution >= 0.6 is 0 Å². The molecular formula is C10H5F9O. The third-order valence-electron chi connectivity index (χ3n) is 2.13. The summed E-state index contributed by atoms with van der Waals surface area (Å²) in [6.07, 6.45) is -13.4. The maximum atomic E-state index is 13.4. The highest BCUT2D eigenvalue weighted by Gasteiger charge is 2.84. The summed E-state index contributed by atoms with van der Waals surface area (Å²) >= 11 is 0. The fraction of sp³-hybridized carbons (Fsp3) is 0.400. The van der Waals surface area contributed by atoms with Gasteiger partial charge in [0.05, 0.1) is 0 Å². The molecule has 0 aliphatic carbocycles. The largest absolute Gasteiger partial charge is 0.467 e. The van der Waals surface area contributed by atoms with Crippen molar-refractivity contribution in [3.8, 4) is 5.75 Å². The number of hydrogen-bond donors (Lipinski definition) is 0. The lowest BCUT2D eigenvalue weighted by Crippen LogP contribution is -2.65. The summed E-state index contributed by atoms with van der Waals surface area (Å²) in [4.78, 5) is 0. The summed E-state index contributed by atoms with van der Waals surface area (Å²) in [5.74, 6) is -14.1. The zero-order chi connectivity index (χ0) is 15.8. The van der Waals surface area contributed by atoms with Gasteiger partial charge in [0.1, 0.15) is 5.75 Å². The van der Waals surface area contributed by atoms with E-state index in [1.807, 2.05) is 0 Å². The van der Waals surface area contributed by atoms with Crippen molar-refractivity contribution in [3.05, 3.63) is 30.3 Å². The molecule has 0 radical (unpaired) electrons. The molecule has 1 aromatic rings. The van der Waals surface area contributed by atoms with Crippen LogP contribution in [-0.2, 0) is 0 Å². The third-order valence-corrected chi connectivity index (χ3v) is 2.13. The molecule has 0 amide bonds. The first kappa shape index (κ1) is 16.4. The average Bonchev–Trinajstić information content (AvgIpc) is 2.27. The van der Waals surface area contributed by atoms with E-state index >= 15 is 0 Å². The second kappa shape index (κ2) is 4.74. The second-order valence-electron chi connectivity index (χ2n) is 3.58. The van der Waals surface area contributed by atoms with Crippen molar-refractivity contribution in [1.82, 2.24) is 0 Å². The van der Waals surface area contributed by atoms with Gasteiger partial charge in [0, 0.05) is 0 Å². The van der Waals surface area contributed by atoms with Gasteiger partial charge < -0.3 is 4.74 Å². The predicted octanol–water partition coefficient (Wildman–Crippen LogP) is 4.49. The van der Waals surface area contributed by atoms with Crippen LogP contribution in [0.1, 0.15) is 0 Å². The van der Waals surface area contributed by atoms with Crippen LogP contribution in [0.4, 0.5) is 39.5 Å². The molecule has 114 valence electrons. The van der Waals surface area contributed by atoms with Gasteiger partial charge in [0.15, 0.2) is 0 Å². The standard InChI is InChI=1S/C10H5F9O/c11-7(12,9(14,15)16)8(13,10(17,18)19)20-6-4-2-1-3-5-6/h1-5H. The lowest BCUT2D eigenvalue weighted by Gasteiger charge is -2.35. The van der Waals surface area contributed by atoms with Gasteiger partial charge in [-0.25, -0.2) is 0 Å². The molecule has 0 saturated carbocycles. The summed E-state index contributed by atoms with van der Waals surface area (Å²) < 4.78 is 115. The highest BCUT2D eigenvalue weighted by Crippen LogP contribution is 2.53. The Morgan fingerprint density at radius 3 is 1.45 bits per heavy atom. The quantitative estimate of drug-likeness (QED) is 0.747. The van der Waals surface area contributed by atoms with E-state index in [1.165, 1.54) is 6.07 Å². The van der Waals surface area contributed by atoms with Crippen LogP contribution in [0.5, 0.6) is 5.75 Å². The summed E-state index contributed by atoms with van der Waals surface area (Å²) in [6, 6.07) is 4.36. The van der Waals surface area contributed by atoms with Crippen molar-refractivity contribution >= 4 is 0 Å². The molecule has 0 N–H and O–H groups in total. The van der Waals surface area contributed by atoms with Gasteiger partial charge in [-0.05, 0) is 12.1 Å². The van der Waals surface area contributed by atoms with E-state index in [1.54, 1.807) is 0 Å². The molecule has 0 bridgehead atoms. The lowest BCUT2D eigenvalue weighted by molar-refractivity contribution is -0.432. The van der Waals surface area contributed by atoms with Crippen molar-refractivity contribution in [2.75, 3.05) is 0 Å². The zero-order valence-corrected chi connectivity index (χ0v) is 9.20.